The Hall–Kier alpha value is -4.05. The molecule has 164 valence electrons. The molecule has 0 aliphatic rings. The van der Waals surface area contributed by atoms with E-state index in [4.69, 9.17) is 15.2 Å². The molecule has 0 fully saturated rings. The molecule has 0 aliphatic heterocycles. The van der Waals surface area contributed by atoms with Crippen LogP contribution in [-0.2, 0) is 10.5 Å². The molecule has 4 rings (SSSR count). The van der Waals surface area contributed by atoms with Crippen molar-refractivity contribution in [1.82, 2.24) is 15.0 Å². The van der Waals surface area contributed by atoms with Gasteiger partial charge in [-0.2, -0.15) is 10.5 Å². The lowest BCUT2D eigenvalue weighted by Gasteiger charge is -2.14. The molecule has 0 aliphatic carbocycles. The van der Waals surface area contributed by atoms with E-state index in [9.17, 15) is 10.5 Å². The number of pyridine rings is 2. The second-order valence-electron chi connectivity index (χ2n) is 7.02. The Labute approximate surface area is 195 Å². The van der Waals surface area contributed by atoms with Gasteiger partial charge in [0, 0.05) is 36.2 Å². The summed E-state index contributed by atoms with van der Waals surface area (Å²) in [5.74, 6) is 1.32. The van der Waals surface area contributed by atoms with Crippen molar-refractivity contribution >= 4 is 28.6 Å². The van der Waals surface area contributed by atoms with Crippen molar-refractivity contribution < 1.29 is 9.47 Å². The van der Waals surface area contributed by atoms with Gasteiger partial charge in [-0.1, -0.05) is 12.1 Å². The van der Waals surface area contributed by atoms with E-state index < -0.39 is 0 Å². The number of benzene rings is 1. The lowest BCUT2D eigenvalue weighted by molar-refractivity contribution is 0.146. The molecule has 4 aromatic rings. The molecule has 0 saturated heterocycles. The number of hydrogen-bond acceptors (Lipinski definition) is 8. The fourth-order valence-corrected chi connectivity index (χ4v) is 4.44. The maximum atomic E-state index is 10.00. The molecule has 8 nitrogen and oxygen atoms in total. The normalized spacial score (nSPS) is 10.6. The number of aromatic amines is 1. The first-order valence-corrected chi connectivity index (χ1v) is 11.0. The number of methoxy groups -OCH3 is 1. The fraction of sp³-hybridized carbons (Fsp3) is 0.167. The van der Waals surface area contributed by atoms with Crippen molar-refractivity contribution in [3.8, 4) is 29.0 Å². The average Bonchev–Trinajstić information content (AvgIpc) is 3.32. The van der Waals surface area contributed by atoms with Gasteiger partial charge < -0.3 is 20.2 Å². The summed E-state index contributed by atoms with van der Waals surface area (Å²) in [6, 6.07) is 15.4. The van der Waals surface area contributed by atoms with Crippen molar-refractivity contribution in [2.45, 2.75) is 10.8 Å². The third-order valence-electron chi connectivity index (χ3n) is 5.03. The minimum atomic E-state index is 0.0935. The van der Waals surface area contributed by atoms with Crippen LogP contribution in [-0.4, -0.2) is 35.3 Å². The highest BCUT2D eigenvalue weighted by molar-refractivity contribution is 7.98. The van der Waals surface area contributed by atoms with Crippen LogP contribution in [0.2, 0.25) is 0 Å². The molecule has 3 heterocycles. The Kier molecular flexibility index (Phi) is 6.75. The van der Waals surface area contributed by atoms with E-state index in [2.05, 4.69) is 27.1 Å². The molecule has 9 heteroatoms. The number of nitrogen functional groups attached to an aromatic ring is 1. The van der Waals surface area contributed by atoms with Gasteiger partial charge in [-0.3, -0.25) is 0 Å². The molecule has 1 aromatic carbocycles. The number of nitriles is 2. The number of anilines is 1. The highest BCUT2D eigenvalue weighted by Crippen LogP contribution is 2.37. The largest absolute Gasteiger partial charge is 0.491 e. The number of H-pyrrole nitrogens is 1. The van der Waals surface area contributed by atoms with E-state index in [1.807, 2.05) is 18.3 Å². The number of ether oxygens (including phenoxy) is 2. The van der Waals surface area contributed by atoms with Gasteiger partial charge in [0.25, 0.3) is 0 Å². The first kappa shape index (κ1) is 22.2. The van der Waals surface area contributed by atoms with Crippen molar-refractivity contribution in [1.29, 1.82) is 10.5 Å². The Bertz CT molecular complexity index is 1370. The molecular formula is C24H20N6O2S. The minimum absolute atomic E-state index is 0.0935. The zero-order chi connectivity index (χ0) is 23.2. The Balaban J connectivity index is 1.69. The van der Waals surface area contributed by atoms with Crippen LogP contribution in [0.4, 0.5) is 5.82 Å². The Morgan fingerprint density at radius 2 is 1.85 bits per heavy atom. The van der Waals surface area contributed by atoms with Gasteiger partial charge >= 0.3 is 0 Å². The van der Waals surface area contributed by atoms with Gasteiger partial charge in [0.05, 0.1) is 12.2 Å². The molecular weight excluding hydrogens is 436 g/mol. The van der Waals surface area contributed by atoms with Crippen LogP contribution >= 0.6 is 11.8 Å². The maximum absolute atomic E-state index is 10.00. The molecule has 0 atom stereocenters. The molecule has 0 amide bonds. The van der Waals surface area contributed by atoms with Crippen molar-refractivity contribution in [3.05, 3.63) is 65.5 Å². The monoisotopic (exact) mass is 456 g/mol. The number of thioether (sulfide) groups is 1. The predicted molar refractivity (Wildman–Crippen MR) is 127 cm³/mol. The summed E-state index contributed by atoms with van der Waals surface area (Å²) < 4.78 is 10.6. The Morgan fingerprint density at radius 3 is 2.58 bits per heavy atom. The molecule has 0 spiro atoms. The molecule has 0 radical (unpaired) electrons. The number of nitrogens with two attached hydrogens (primary N) is 1. The highest BCUT2D eigenvalue weighted by atomic mass is 32.2. The van der Waals surface area contributed by atoms with Crippen LogP contribution in [0.15, 0.2) is 53.8 Å². The highest BCUT2D eigenvalue weighted by Gasteiger charge is 2.21. The number of aromatic nitrogens is 3. The van der Waals surface area contributed by atoms with E-state index in [1.54, 1.807) is 37.6 Å². The van der Waals surface area contributed by atoms with E-state index in [1.165, 1.54) is 11.8 Å². The van der Waals surface area contributed by atoms with Crippen molar-refractivity contribution in [2.24, 2.45) is 0 Å². The number of nitrogens with one attached hydrogen (secondary N) is 1. The minimum Gasteiger partial charge on any atom is -0.491 e. The molecule has 0 saturated carbocycles. The van der Waals surface area contributed by atoms with Gasteiger partial charge in [0.15, 0.2) is 0 Å². The number of fused-ring (bicyclic) bond motifs is 1. The number of rotatable bonds is 8. The molecule has 0 unspecified atom stereocenters. The zero-order valence-corrected chi connectivity index (χ0v) is 18.6. The van der Waals surface area contributed by atoms with Crippen LogP contribution in [0, 0.1) is 22.7 Å². The van der Waals surface area contributed by atoms with Gasteiger partial charge in [-0.15, -0.1) is 11.8 Å². The summed E-state index contributed by atoms with van der Waals surface area (Å²) in [6.45, 7) is 0.905. The first-order valence-electron chi connectivity index (χ1n) is 10.1. The third-order valence-corrected chi connectivity index (χ3v) is 6.05. The summed E-state index contributed by atoms with van der Waals surface area (Å²) in [6.07, 6.45) is 3.58. The topological polar surface area (TPSA) is 134 Å². The summed E-state index contributed by atoms with van der Waals surface area (Å²) in [5.41, 5.74) is 9.65. The quantitative estimate of drug-likeness (QED) is 0.297. The first-order chi connectivity index (χ1) is 16.2. The van der Waals surface area contributed by atoms with Crippen LogP contribution in [0.25, 0.3) is 22.2 Å². The van der Waals surface area contributed by atoms with Crippen molar-refractivity contribution in [2.75, 3.05) is 26.1 Å². The summed E-state index contributed by atoms with van der Waals surface area (Å²) in [7, 11) is 1.61. The van der Waals surface area contributed by atoms with E-state index >= 15 is 0 Å². The van der Waals surface area contributed by atoms with E-state index in [-0.39, 0.29) is 11.4 Å². The SMILES string of the molecule is COCCOc1ccc(-c2c(C#N)c(N)nc(SCc3ccnc4[nH]ccc34)c2C#N)cc1. The second-order valence-corrected chi connectivity index (χ2v) is 7.98. The summed E-state index contributed by atoms with van der Waals surface area (Å²) in [4.78, 5) is 11.8. The number of nitrogens with zero attached hydrogens (tertiary/aromatic N) is 4. The summed E-state index contributed by atoms with van der Waals surface area (Å²) in [5, 5.41) is 21.2. The smallest absolute Gasteiger partial charge is 0.143 e. The third kappa shape index (κ3) is 4.60. The summed E-state index contributed by atoms with van der Waals surface area (Å²) >= 11 is 1.40. The van der Waals surface area contributed by atoms with Gasteiger partial charge in [-0.05, 0) is 35.4 Å². The molecule has 0 bridgehead atoms. The van der Waals surface area contributed by atoms with Gasteiger partial charge in [0.2, 0.25) is 0 Å². The van der Waals surface area contributed by atoms with E-state index in [0.29, 0.717) is 46.4 Å². The predicted octanol–water partition coefficient (Wildman–Crippen LogP) is 4.27. The Morgan fingerprint density at radius 1 is 1.06 bits per heavy atom. The standard InChI is InChI=1S/C24H20N6O2S/c1-31-10-11-32-17-4-2-15(3-5-17)21-19(12-25)22(27)30-24(20(21)13-26)33-14-16-6-8-28-23-18(16)7-9-29-23/h2-9H,10-11,14H2,1H3,(H2,27,30)(H,28,29). The van der Waals surface area contributed by atoms with E-state index in [0.717, 1.165) is 16.6 Å². The lowest BCUT2D eigenvalue weighted by atomic mass is 9.97. The van der Waals surface area contributed by atoms with Crippen LogP contribution in [0.1, 0.15) is 16.7 Å². The van der Waals surface area contributed by atoms with Crippen LogP contribution < -0.4 is 10.5 Å². The lowest BCUT2D eigenvalue weighted by Crippen LogP contribution is -2.05. The number of hydrogen-bond donors (Lipinski definition) is 2. The zero-order valence-electron chi connectivity index (χ0n) is 17.8. The average molecular weight is 457 g/mol. The maximum Gasteiger partial charge on any atom is 0.143 e. The van der Waals surface area contributed by atoms with Crippen molar-refractivity contribution in [3.63, 3.8) is 0 Å². The fourth-order valence-electron chi connectivity index (χ4n) is 3.44. The second kappa shape index (κ2) is 10.0. The molecule has 3 N–H and O–H groups in total. The molecule has 33 heavy (non-hydrogen) atoms. The van der Waals surface area contributed by atoms with Crippen LogP contribution in [0.5, 0.6) is 5.75 Å². The van der Waals surface area contributed by atoms with Crippen LogP contribution in [0.3, 0.4) is 0 Å². The van der Waals surface area contributed by atoms with Gasteiger partial charge in [0.1, 0.15) is 46.5 Å². The molecule has 3 aromatic heterocycles. The van der Waals surface area contributed by atoms with Gasteiger partial charge in [-0.25, -0.2) is 9.97 Å².